The van der Waals surface area contributed by atoms with Crippen molar-refractivity contribution >= 4 is 16.7 Å². The van der Waals surface area contributed by atoms with Gasteiger partial charge < -0.3 is 4.98 Å². The molecule has 0 unspecified atom stereocenters. The van der Waals surface area contributed by atoms with E-state index in [0.29, 0.717) is 5.69 Å². The molecule has 4 heteroatoms. The molecule has 0 aliphatic heterocycles. The van der Waals surface area contributed by atoms with Crippen LogP contribution in [0.1, 0.15) is 5.69 Å². The first-order valence-electron chi connectivity index (χ1n) is 4.25. The molecule has 0 bridgehead atoms. The summed E-state index contributed by atoms with van der Waals surface area (Å²) in [5, 5.41) is 12.8. The smallest absolute Gasteiger partial charge is 0.165 e. The van der Waals surface area contributed by atoms with Crippen LogP contribution in [0, 0.1) is 11.3 Å². The molecule has 0 radical (unpaired) electrons. The fourth-order valence-electron chi connectivity index (χ4n) is 1.61. The van der Waals surface area contributed by atoms with Crippen LogP contribution in [-0.2, 0) is 0 Å². The number of hydrogen-bond donors (Lipinski definition) is 1. The van der Waals surface area contributed by atoms with Gasteiger partial charge >= 0.3 is 0 Å². The molecule has 2 heterocycles. The Labute approximate surface area is 79.4 Å². The minimum Gasteiger partial charge on any atom is -0.338 e. The Morgan fingerprint density at radius 1 is 1.36 bits per heavy atom. The Morgan fingerprint density at radius 2 is 2.21 bits per heavy atom. The summed E-state index contributed by atoms with van der Waals surface area (Å²) < 4.78 is 1.74. The molecule has 3 aromatic rings. The molecule has 0 aliphatic carbocycles. The minimum absolute atomic E-state index is 0.432. The monoisotopic (exact) mass is 182 g/mol. The van der Waals surface area contributed by atoms with E-state index in [-0.39, 0.29) is 0 Å². The van der Waals surface area contributed by atoms with Crippen LogP contribution in [0.25, 0.3) is 16.7 Å². The molecule has 0 spiro atoms. The van der Waals surface area contributed by atoms with Gasteiger partial charge in [-0.15, -0.1) is 0 Å². The summed E-state index contributed by atoms with van der Waals surface area (Å²) in [6.07, 6.45) is 0. The maximum Gasteiger partial charge on any atom is 0.165 e. The van der Waals surface area contributed by atoms with E-state index < -0.39 is 0 Å². The zero-order valence-corrected chi connectivity index (χ0v) is 7.23. The molecule has 0 saturated heterocycles. The van der Waals surface area contributed by atoms with Gasteiger partial charge in [-0.1, -0.05) is 12.1 Å². The first-order valence-corrected chi connectivity index (χ1v) is 4.25. The topological polar surface area (TPSA) is 56.9 Å². The standard InChI is InChI=1S/C10H6N4/c11-6-7-5-10-12-8-3-1-2-4-9(8)14(10)13-7/h1-5,12H. The van der Waals surface area contributed by atoms with Crippen LogP contribution in [-0.4, -0.2) is 14.6 Å². The van der Waals surface area contributed by atoms with Gasteiger partial charge in [-0.2, -0.15) is 10.4 Å². The SMILES string of the molecule is N#Cc1cc2[nH]c3ccccc3n2n1. The van der Waals surface area contributed by atoms with Gasteiger partial charge in [-0.05, 0) is 12.1 Å². The number of nitriles is 1. The highest BCUT2D eigenvalue weighted by Gasteiger charge is 2.05. The lowest BCUT2D eigenvalue weighted by Crippen LogP contribution is -1.83. The molecular formula is C10H6N4. The summed E-state index contributed by atoms with van der Waals surface area (Å²) in [4.78, 5) is 3.18. The Balaban J connectivity index is 2.52. The zero-order valence-electron chi connectivity index (χ0n) is 7.23. The van der Waals surface area contributed by atoms with Crippen molar-refractivity contribution in [3.8, 4) is 6.07 Å². The number of rotatable bonds is 0. The van der Waals surface area contributed by atoms with E-state index in [1.807, 2.05) is 30.3 Å². The number of aromatic amines is 1. The van der Waals surface area contributed by atoms with Crippen molar-refractivity contribution in [3.05, 3.63) is 36.0 Å². The van der Waals surface area contributed by atoms with E-state index in [2.05, 4.69) is 10.1 Å². The van der Waals surface area contributed by atoms with E-state index in [4.69, 9.17) is 5.26 Å². The van der Waals surface area contributed by atoms with Crippen molar-refractivity contribution in [2.75, 3.05) is 0 Å². The molecule has 0 saturated carbocycles. The highest BCUT2D eigenvalue weighted by atomic mass is 15.3. The van der Waals surface area contributed by atoms with E-state index in [9.17, 15) is 0 Å². The molecule has 14 heavy (non-hydrogen) atoms. The Morgan fingerprint density at radius 3 is 3.07 bits per heavy atom. The normalized spacial score (nSPS) is 10.8. The summed E-state index contributed by atoms with van der Waals surface area (Å²) in [5.41, 5.74) is 3.30. The van der Waals surface area contributed by atoms with Crippen molar-refractivity contribution < 1.29 is 0 Å². The van der Waals surface area contributed by atoms with Crippen molar-refractivity contribution in [2.24, 2.45) is 0 Å². The molecule has 0 amide bonds. The second kappa shape index (κ2) is 2.36. The van der Waals surface area contributed by atoms with E-state index >= 15 is 0 Å². The first kappa shape index (κ1) is 7.15. The van der Waals surface area contributed by atoms with E-state index in [1.165, 1.54) is 0 Å². The third kappa shape index (κ3) is 0.783. The van der Waals surface area contributed by atoms with Crippen molar-refractivity contribution in [2.45, 2.75) is 0 Å². The van der Waals surface area contributed by atoms with Gasteiger partial charge in [0.2, 0.25) is 0 Å². The number of nitrogens with one attached hydrogen (secondary N) is 1. The Bertz CT molecular complexity index is 653. The van der Waals surface area contributed by atoms with Crippen LogP contribution in [0.2, 0.25) is 0 Å². The summed E-state index contributed by atoms with van der Waals surface area (Å²) in [6, 6.07) is 11.6. The fraction of sp³-hybridized carbons (Fsp3) is 0. The summed E-state index contributed by atoms with van der Waals surface area (Å²) in [5.74, 6) is 0. The summed E-state index contributed by atoms with van der Waals surface area (Å²) in [6.45, 7) is 0. The third-order valence-corrected chi connectivity index (χ3v) is 2.22. The number of para-hydroxylation sites is 2. The fourth-order valence-corrected chi connectivity index (χ4v) is 1.61. The van der Waals surface area contributed by atoms with Gasteiger partial charge in [-0.3, -0.25) is 0 Å². The first-order chi connectivity index (χ1) is 6.88. The van der Waals surface area contributed by atoms with Crippen LogP contribution in [0.15, 0.2) is 30.3 Å². The molecule has 1 aromatic carbocycles. The number of aromatic nitrogens is 3. The minimum atomic E-state index is 0.432. The molecule has 1 N–H and O–H groups in total. The Kier molecular flexibility index (Phi) is 1.21. The van der Waals surface area contributed by atoms with Gasteiger partial charge in [0, 0.05) is 6.07 Å². The average molecular weight is 182 g/mol. The lowest BCUT2D eigenvalue weighted by molar-refractivity contribution is 0.994. The van der Waals surface area contributed by atoms with Gasteiger partial charge in [0.05, 0.1) is 11.0 Å². The predicted molar refractivity (Wildman–Crippen MR) is 51.8 cm³/mol. The number of H-pyrrole nitrogens is 1. The number of fused-ring (bicyclic) bond motifs is 3. The Hall–Kier alpha value is -2.28. The number of hydrogen-bond acceptors (Lipinski definition) is 2. The summed E-state index contributed by atoms with van der Waals surface area (Å²) >= 11 is 0. The van der Waals surface area contributed by atoms with Gasteiger partial charge in [0.15, 0.2) is 5.69 Å². The molecule has 0 atom stereocenters. The largest absolute Gasteiger partial charge is 0.338 e. The van der Waals surface area contributed by atoms with Crippen molar-refractivity contribution in [3.63, 3.8) is 0 Å². The molecule has 0 fully saturated rings. The predicted octanol–water partition coefficient (Wildman–Crippen LogP) is 1.69. The quantitative estimate of drug-likeness (QED) is 0.575. The van der Waals surface area contributed by atoms with Crippen LogP contribution < -0.4 is 0 Å². The third-order valence-electron chi connectivity index (χ3n) is 2.22. The van der Waals surface area contributed by atoms with Gasteiger partial charge in [0.1, 0.15) is 11.7 Å². The van der Waals surface area contributed by atoms with Crippen molar-refractivity contribution in [1.82, 2.24) is 14.6 Å². The van der Waals surface area contributed by atoms with Gasteiger partial charge in [-0.25, -0.2) is 4.52 Å². The van der Waals surface area contributed by atoms with Crippen LogP contribution >= 0.6 is 0 Å². The highest BCUT2D eigenvalue weighted by Crippen LogP contribution is 2.15. The molecule has 0 aliphatic rings. The average Bonchev–Trinajstić information content (AvgIpc) is 2.73. The number of benzene rings is 1. The molecular weight excluding hydrogens is 176 g/mol. The second-order valence-corrected chi connectivity index (χ2v) is 3.08. The van der Waals surface area contributed by atoms with Gasteiger partial charge in [0.25, 0.3) is 0 Å². The van der Waals surface area contributed by atoms with Crippen LogP contribution in [0.4, 0.5) is 0 Å². The molecule has 2 aromatic heterocycles. The maximum atomic E-state index is 8.69. The zero-order chi connectivity index (χ0) is 9.54. The van der Waals surface area contributed by atoms with E-state index in [1.54, 1.807) is 10.6 Å². The maximum absolute atomic E-state index is 8.69. The molecule has 4 nitrogen and oxygen atoms in total. The lowest BCUT2D eigenvalue weighted by atomic mass is 10.3. The van der Waals surface area contributed by atoms with E-state index in [0.717, 1.165) is 16.7 Å². The second-order valence-electron chi connectivity index (χ2n) is 3.08. The highest BCUT2D eigenvalue weighted by molar-refractivity contribution is 5.80. The van der Waals surface area contributed by atoms with Crippen molar-refractivity contribution in [1.29, 1.82) is 5.26 Å². The number of imidazole rings is 1. The lowest BCUT2D eigenvalue weighted by Gasteiger charge is -1.86. The summed E-state index contributed by atoms with van der Waals surface area (Å²) in [7, 11) is 0. The molecule has 66 valence electrons. The molecule has 3 rings (SSSR count). The van der Waals surface area contributed by atoms with Crippen LogP contribution in [0.3, 0.4) is 0 Å². The number of nitrogens with zero attached hydrogens (tertiary/aromatic N) is 3. The van der Waals surface area contributed by atoms with Crippen LogP contribution in [0.5, 0.6) is 0 Å².